The van der Waals surface area contributed by atoms with E-state index in [9.17, 15) is 4.79 Å². The average Bonchev–Trinajstić information content (AvgIpc) is 3.26. The van der Waals surface area contributed by atoms with Crippen molar-refractivity contribution in [2.24, 2.45) is 5.92 Å². The SMILES string of the molecule is Cc1nc2ccccc2n1CCC(=O)N1CCC(C(Cc2ccccc2)N(C)Cc2cccnc2)CC1. The Labute approximate surface area is 220 Å². The molecule has 0 spiro atoms. The lowest BCUT2D eigenvalue weighted by atomic mass is 9.84. The van der Waals surface area contributed by atoms with Crippen LogP contribution in [0.25, 0.3) is 11.0 Å². The number of aromatic nitrogens is 3. The van der Waals surface area contributed by atoms with Crippen LogP contribution in [0.2, 0.25) is 0 Å². The molecule has 1 saturated heterocycles. The molecular weight excluding hydrogens is 458 g/mol. The van der Waals surface area contributed by atoms with Crippen LogP contribution < -0.4 is 0 Å². The van der Waals surface area contributed by atoms with E-state index in [1.165, 1.54) is 11.1 Å². The summed E-state index contributed by atoms with van der Waals surface area (Å²) in [5.41, 5.74) is 4.70. The van der Waals surface area contributed by atoms with Crippen LogP contribution in [0, 0.1) is 12.8 Å². The Balaban J connectivity index is 1.21. The van der Waals surface area contributed by atoms with Crippen molar-refractivity contribution >= 4 is 16.9 Å². The molecule has 1 aliphatic heterocycles. The molecule has 2 aromatic carbocycles. The Morgan fingerprint density at radius 1 is 1.00 bits per heavy atom. The molecule has 0 aliphatic carbocycles. The molecule has 0 N–H and O–H groups in total. The molecule has 2 aromatic heterocycles. The van der Waals surface area contributed by atoms with Crippen LogP contribution in [0.4, 0.5) is 0 Å². The number of likely N-dealkylation sites (tertiary alicyclic amines) is 1. The van der Waals surface area contributed by atoms with Gasteiger partial charge < -0.3 is 9.47 Å². The van der Waals surface area contributed by atoms with Gasteiger partial charge in [0.25, 0.3) is 0 Å². The number of para-hydroxylation sites is 2. The molecule has 3 heterocycles. The fraction of sp³-hybridized carbons (Fsp3) is 0.387. The molecule has 1 atom stereocenters. The highest BCUT2D eigenvalue weighted by Gasteiger charge is 2.31. The summed E-state index contributed by atoms with van der Waals surface area (Å²) >= 11 is 0. The second kappa shape index (κ2) is 11.7. The second-order valence-corrected chi connectivity index (χ2v) is 10.3. The fourth-order valence-electron chi connectivity index (χ4n) is 5.81. The third-order valence-electron chi connectivity index (χ3n) is 7.84. The molecule has 5 rings (SSSR count). The van der Waals surface area contributed by atoms with E-state index < -0.39 is 0 Å². The first-order chi connectivity index (χ1) is 18.1. The minimum atomic E-state index is 0.249. The second-order valence-electron chi connectivity index (χ2n) is 10.3. The Kier molecular flexibility index (Phi) is 7.95. The van der Waals surface area contributed by atoms with Crippen LogP contribution in [0.15, 0.2) is 79.1 Å². The number of carbonyl (C=O) groups is 1. The van der Waals surface area contributed by atoms with E-state index in [1.54, 1.807) is 0 Å². The first kappa shape index (κ1) is 25.2. The van der Waals surface area contributed by atoms with Gasteiger partial charge in [-0.1, -0.05) is 48.5 Å². The Hall–Kier alpha value is -3.51. The highest BCUT2D eigenvalue weighted by molar-refractivity contribution is 5.78. The number of benzene rings is 2. The monoisotopic (exact) mass is 495 g/mol. The van der Waals surface area contributed by atoms with Gasteiger partial charge in [0.15, 0.2) is 0 Å². The molecule has 1 aliphatic rings. The molecule has 1 fully saturated rings. The van der Waals surface area contributed by atoms with Crippen molar-refractivity contribution in [3.63, 3.8) is 0 Å². The highest BCUT2D eigenvalue weighted by atomic mass is 16.2. The summed E-state index contributed by atoms with van der Waals surface area (Å²) in [7, 11) is 2.23. The third-order valence-corrected chi connectivity index (χ3v) is 7.84. The van der Waals surface area contributed by atoms with Gasteiger partial charge in [0.1, 0.15) is 5.82 Å². The van der Waals surface area contributed by atoms with Gasteiger partial charge in [0.2, 0.25) is 5.91 Å². The Morgan fingerprint density at radius 3 is 2.49 bits per heavy atom. The zero-order valence-corrected chi connectivity index (χ0v) is 22.0. The van der Waals surface area contributed by atoms with Crippen LogP contribution in [0.3, 0.4) is 0 Å². The van der Waals surface area contributed by atoms with E-state index in [0.717, 1.165) is 55.8 Å². The molecule has 1 unspecified atom stereocenters. The van der Waals surface area contributed by atoms with Gasteiger partial charge in [-0.05, 0) is 68.5 Å². The van der Waals surface area contributed by atoms with Crippen molar-refractivity contribution in [2.75, 3.05) is 20.1 Å². The van der Waals surface area contributed by atoms with Gasteiger partial charge in [-0.3, -0.25) is 14.7 Å². The smallest absolute Gasteiger partial charge is 0.224 e. The van der Waals surface area contributed by atoms with Crippen LogP contribution in [0.5, 0.6) is 0 Å². The summed E-state index contributed by atoms with van der Waals surface area (Å²) in [6, 6.07) is 23.5. The summed E-state index contributed by atoms with van der Waals surface area (Å²) in [5.74, 6) is 1.76. The van der Waals surface area contributed by atoms with Gasteiger partial charge in [-0.25, -0.2) is 4.98 Å². The van der Waals surface area contributed by atoms with Gasteiger partial charge in [0.05, 0.1) is 11.0 Å². The summed E-state index contributed by atoms with van der Waals surface area (Å²) in [5, 5.41) is 0. The van der Waals surface area contributed by atoms with Gasteiger partial charge in [0, 0.05) is 51.0 Å². The summed E-state index contributed by atoms with van der Waals surface area (Å²) in [4.78, 5) is 26.7. The number of nitrogens with zero attached hydrogens (tertiary/aromatic N) is 5. The summed E-state index contributed by atoms with van der Waals surface area (Å²) in [6.45, 7) is 5.24. The lowest BCUT2D eigenvalue weighted by Crippen LogP contribution is -2.46. The summed E-state index contributed by atoms with van der Waals surface area (Å²) in [6.07, 6.45) is 7.39. The quantitative estimate of drug-likeness (QED) is 0.324. The maximum absolute atomic E-state index is 13.2. The number of fused-ring (bicyclic) bond motifs is 1. The normalized spacial score (nSPS) is 15.4. The first-order valence-electron chi connectivity index (χ1n) is 13.4. The van der Waals surface area contributed by atoms with Crippen molar-refractivity contribution in [3.8, 4) is 0 Å². The lowest BCUT2D eigenvalue weighted by Gasteiger charge is -2.40. The van der Waals surface area contributed by atoms with Crippen LogP contribution in [0.1, 0.15) is 36.2 Å². The van der Waals surface area contributed by atoms with Crippen molar-refractivity contribution in [1.29, 1.82) is 0 Å². The number of aryl methyl sites for hydroxylation is 2. The predicted molar refractivity (Wildman–Crippen MR) is 148 cm³/mol. The van der Waals surface area contributed by atoms with Gasteiger partial charge >= 0.3 is 0 Å². The van der Waals surface area contributed by atoms with E-state index in [2.05, 4.69) is 73.8 Å². The molecule has 0 radical (unpaired) electrons. The minimum Gasteiger partial charge on any atom is -0.343 e. The topological polar surface area (TPSA) is 54.3 Å². The highest BCUT2D eigenvalue weighted by Crippen LogP contribution is 2.28. The first-order valence-corrected chi connectivity index (χ1v) is 13.4. The van der Waals surface area contributed by atoms with Crippen LogP contribution >= 0.6 is 0 Å². The number of hydrogen-bond acceptors (Lipinski definition) is 4. The van der Waals surface area contributed by atoms with Crippen molar-refractivity contribution in [1.82, 2.24) is 24.3 Å². The van der Waals surface area contributed by atoms with Crippen molar-refractivity contribution in [2.45, 2.75) is 51.7 Å². The molecular formula is C31H37N5O. The number of amides is 1. The molecule has 37 heavy (non-hydrogen) atoms. The molecule has 192 valence electrons. The standard InChI is InChI=1S/C31H37N5O/c1-24-33-28-12-6-7-13-29(28)36(24)20-16-31(37)35-18-14-27(15-19-35)30(21-25-9-4-3-5-10-25)34(2)23-26-11-8-17-32-22-26/h3-13,17,22,27,30H,14-16,18-21,23H2,1-2H3. The van der Waals surface area contributed by atoms with Crippen LogP contribution in [-0.4, -0.2) is 56.4 Å². The number of hydrogen-bond donors (Lipinski definition) is 0. The Morgan fingerprint density at radius 2 is 1.73 bits per heavy atom. The lowest BCUT2D eigenvalue weighted by molar-refractivity contribution is -0.133. The van der Waals surface area contributed by atoms with Crippen molar-refractivity contribution in [3.05, 3.63) is 96.1 Å². The van der Waals surface area contributed by atoms with E-state index >= 15 is 0 Å². The molecule has 0 saturated carbocycles. The fourth-order valence-corrected chi connectivity index (χ4v) is 5.81. The third kappa shape index (κ3) is 6.08. The Bertz CT molecular complexity index is 1300. The van der Waals surface area contributed by atoms with E-state index in [-0.39, 0.29) is 5.91 Å². The number of imidazole rings is 1. The number of rotatable bonds is 9. The molecule has 6 heteroatoms. The molecule has 0 bridgehead atoms. The average molecular weight is 496 g/mol. The minimum absolute atomic E-state index is 0.249. The van der Waals surface area contributed by atoms with E-state index in [0.29, 0.717) is 24.9 Å². The largest absolute Gasteiger partial charge is 0.343 e. The van der Waals surface area contributed by atoms with E-state index in [4.69, 9.17) is 0 Å². The molecule has 1 amide bonds. The zero-order chi connectivity index (χ0) is 25.6. The number of pyridine rings is 1. The molecule has 6 nitrogen and oxygen atoms in total. The van der Waals surface area contributed by atoms with Gasteiger partial charge in [-0.15, -0.1) is 0 Å². The summed E-state index contributed by atoms with van der Waals surface area (Å²) < 4.78 is 2.17. The number of likely N-dealkylation sites (N-methyl/N-ethyl adjacent to an activating group) is 1. The molecule has 4 aromatic rings. The van der Waals surface area contributed by atoms with Crippen LogP contribution in [-0.2, 0) is 24.3 Å². The zero-order valence-electron chi connectivity index (χ0n) is 22.0. The van der Waals surface area contributed by atoms with Crippen molar-refractivity contribution < 1.29 is 4.79 Å². The maximum Gasteiger partial charge on any atom is 0.224 e. The van der Waals surface area contributed by atoms with Gasteiger partial charge in [-0.2, -0.15) is 0 Å². The maximum atomic E-state index is 13.2. The van der Waals surface area contributed by atoms with E-state index in [1.807, 2.05) is 43.6 Å². The predicted octanol–water partition coefficient (Wildman–Crippen LogP) is 5.11. The number of carbonyl (C=O) groups excluding carboxylic acids is 1. The number of piperidine rings is 1.